The summed E-state index contributed by atoms with van der Waals surface area (Å²) in [5.74, 6) is 0. The quantitative estimate of drug-likeness (QED) is 0.767. The number of benzene rings is 1. The highest BCUT2D eigenvalue weighted by Gasteiger charge is 2.20. The molecule has 0 radical (unpaired) electrons. The molecule has 0 aromatic heterocycles. The fraction of sp³-hybridized carbons (Fsp3) is 0.333. The highest BCUT2D eigenvalue weighted by molar-refractivity contribution is 5.20. The molecule has 0 aliphatic carbocycles. The summed E-state index contributed by atoms with van der Waals surface area (Å²) in [5.41, 5.74) is 2.13. The topological polar surface area (TPSA) is 30.5 Å². The second kappa shape index (κ2) is 4.84. The van der Waals surface area contributed by atoms with Crippen LogP contribution in [-0.4, -0.2) is 13.2 Å². The van der Waals surface area contributed by atoms with Gasteiger partial charge in [-0.1, -0.05) is 30.3 Å². The van der Waals surface area contributed by atoms with Crippen molar-refractivity contribution in [3.63, 3.8) is 0 Å². The van der Waals surface area contributed by atoms with Crippen molar-refractivity contribution in [2.75, 3.05) is 13.2 Å². The molecule has 1 atom stereocenters. The highest BCUT2D eigenvalue weighted by atomic mass is 16.5. The van der Waals surface area contributed by atoms with Crippen molar-refractivity contribution in [2.45, 2.75) is 13.2 Å². The SMILES string of the molecule is CCOC=C1COC(c2ccccc2)N1. The molecule has 1 aliphatic rings. The van der Waals surface area contributed by atoms with Crippen molar-refractivity contribution in [1.29, 1.82) is 0 Å². The minimum Gasteiger partial charge on any atom is -0.500 e. The zero-order chi connectivity index (χ0) is 10.5. The summed E-state index contributed by atoms with van der Waals surface area (Å²) in [6.07, 6.45) is 1.68. The van der Waals surface area contributed by atoms with Gasteiger partial charge in [0, 0.05) is 5.56 Å². The fourth-order valence-electron chi connectivity index (χ4n) is 1.48. The van der Waals surface area contributed by atoms with E-state index in [0.717, 1.165) is 11.3 Å². The molecule has 1 aromatic rings. The predicted molar refractivity (Wildman–Crippen MR) is 58.0 cm³/mol. The van der Waals surface area contributed by atoms with E-state index in [0.29, 0.717) is 13.2 Å². The van der Waals surface area contributed by atoms with Gasteiger partial charge in [-0.15, -0.1) is 0 Å². The molecular weight excluding hydrogens is 190 g/mol. The minimum atomic E-state index is -0.0436. The molecule has 0 spiro atoms. The van der Waals surface area contributed by atoms with E-state index in [1.807, 2.05) is 37.3 Å². The molecule has 1 aliphatic heterocycles. The van der Waals surface area contributed by atoms with Crippen molar-refractivity contribution >= 4 is 0 Å². The third kappa shape index (κ3) is 2.50. The van der Waals surface area contributed by atoms with Crippen LogP contribution in [0.4, 0.5) is 0 Å². The molecule has 0 saturated carbocycles. The first kappa shape index (κ1) is 10.1. The Morgan fingerprint density at radius 2 is 2.27 bits per heavy atom. The normalized spacial score (nSPS) is 22.7. The molecule has 1 N–H and O–H groups in total. The molecule has 0 bridgehead atoms. The Bertz CT molecular complexity index is 335. The Balaban J connectivity index is 1.99. The van der Waals surface area contributed by atoms with Gasteiger partial charge in [-0.3, -0.25) is 0 Å². The summed E-state index contributed by atoms with van der Waals surface area (Å²) >= 11 is 0. The van der Waals surface area contributed by atoms with Crippen LogP contribution >= 0.6 is 0 Å². The van der Waals surface area contributed by atoms with Gasteiger partial charge in [-0.25, -0.2) is 0 Å². The molecule has 2 rings (SSSR count). The van der Waals surface area contributed by atoms with E-state index >= 15 is 0 Å². The summed E-state index contributed by atoms with van der Waals surface area (Å²) in [5, 5.41) is 3.26. The predicted octanol–water partition coefficient (Wildman–Crippen LogP) is 2.18. The van der Waals surface area contributed by atoms with Crippen LogP contribution < -0.4 is 5.32 Å². The van der Waals surface area contributed by atoms with Crippen LogP contribution in [0.1, 0.15) is 18.7 Å². The number of hydrogen-bond donors (Lipinski definition) is 1. The maximum atomic E-state index is 5.59. The van der Waals surface area contributed by atoms with Gasteiger partial charge in [0.05, 0.1) is 18.9 Å². The van der Waals surface area contributed by atoms with Gasteiger partial charge in [0.2, 0.25) is 0 Å². The van der Waals surface area contributed by atoms with Gasteiger partial charge in [0.25, 0.3) is 0 Å². The largest absolute Gasteiger partial charge is 0.500 e. The second-order valence-corrected chi connectivity index (χ2v) is 3.34. The van der Waals surface area contributed by atoms with E-state index in [1.165, 1.54) is 0 Å². The van der Waals surface area contributed by atoms with Gasteiger partial charge in [-0.2, -0.15) is 0 Å². The van der Waals surface area contributed by atoms with Crippen LogP contribution in [-0.2, 0) is 9.47 Å². The maximum Gasteiger partial charge on any atom is 0.154 e. The smallest absolute Gasteiger partial charge is 0.154 e. The Kier molecular flexibility index (Phi) is 3.25. The van der Waals surface area contributed by atoms with Crippen LogP contribution in [0.3, 0.4) is 0 Å². The van der Waals surface area contributed by atoms with Crippen molar-refractivity contribution in [3.8, 4) is 0 Å². The molecule has 1 heterocycles. The zero-order valence-electron chi connectivity index (χ0n) is 8.77. The molecule has 15 heavy (non-hydrogen) atoms. The Morgan fingerprint density at radius 1 is 1.47 bits per heavy atom. The molecule has 1 fully saturated rings. The number of nitrogens with one attached hydrogen (secondary N) is 1. The summed E-state index contributed by atoms with van der Waals surface area (Å²) in [6.45, 7) is 3.22. The molecule has 1 aromatic carbocycles. The first-order valence-corrected chi connectivity index (χ1v) is 5.14. The average molecular weight is 205 g/mol. The van der Waals surface area contributed by atoms with Crippen LogP contribution in [0, 0.1) is 0 Å². The lowest BCUT2D eigenvalue weighted by Gasteiger charge is -2.09. The number of ether oxygens (including phenoxy) is 2. The van der Waals surface area contributed by atoms with E-state index in [2.05, 4.69) is 5.32 Å². The van der Waals surface area contributed by atoms with Crippen LogP contribution in [0.15, 0.2) is 42.3 Å². The standard InChI is InChI=1S/C12H15NO2/c1-2-14-8-11-9-15-12(13-11)10-6-4-3-5-7-10/h3-8,12-13H,2,9H2,1H3. The molecule has 80 valence electrons. The average Bonchev–Trinajstić information content (AvgIpc) is 2.76. The summed E-state index contributed by atoms with van der Waals surface area (Å²) in [7, 11) is 0. The minimum absolute atomic E-state index is 0.0436. The first-order valence-electron chi connectivity index (χ1n) is 5.14. The van der Waals surface area contributed by atoms with Crippen LogP contribution in [0.2, 0.25) is 0 Å². The van der Waals surface area contributed by atoms with Gasteiger partial charge >= 0.3 is 0 Å². The van der Waals surface area contributed by atoms with Crippen molar-refractivity contribution in [1.82, 2.24) is 5.32 Å². The lowest BCUT2D eigenvalue weighted by molar-refractivity contribution is 0.103. The molecule has 3 heteroatoms. The monoisotopic (exact) mass is 205 g/mol. The zero-order valence-corrected chi connectivity index (χ0v) is 8.77. The highest BCUT2D eigenvalue weighted by Crippen LogP contribution is 2.21. The number of hydrogen-bond acceptors (Lipinski definition) is 3. The number of rotatable bonds is 3. The Morgan fingerprint density at radius 3 is 3.00 bits per heavy atom. The summed E-state index contributed by atoms with van der Waals surface area (Å²) < 4.78 is 10.8. The van der Waals surface area contributed by atoms with Gasteiger partial charge < -0.3 is 14.8 Å². The van der Waals surface area contributed by atoms with E-state index < -0.39 is 0 Å². The Labute approximate surface area is 89.7 Å². The second-order valence-electron chi connectivity index (χ2n) is 3.34. The fourth-order valence-corrected chi connectivity index (χ4v) is 1.48. The lowest BCUT2D eigenvalue weighted by Crippen LogP contribution is -2.12. The third-order valence-corrected chi connectivity index (χ3v) is 2.22. The first-order chi connectivity index (χ1) is 7.40. The maximum absolute atomic E-state index is 5.59. The van der Waals surface area contributed by atoms with Gasteiger partial charge in [0.1, 0.15) is 6.26 Å². The third-order valence-electron chi connectivity index (χ3n) is 2.22. The Hall–Kier alpha value is -1.48. The van der Waals surface area contributed by atoms with E-state index in [4.69, 9.17) is 9.47 Å². The van der Waals surface area contributed by atoms with Crippen molar-refractivity contribution in [3.05, 3.63) is 47.9 Å². The van der Waals surface area contributed by atoms with Gasteiger partial charge in [-0.05, 0) is 6.92 Å². The molecule has 1 saturated heterocycles. The van der Waals surface area contributed by atoms with E-state index in [9.17, 15) is 0 Å². The summed E-state index contributed by atoms with van der Waals surface area (Å²) in [6, 6.07) is 10.1. The van der Waals surface area contributed by atoms with Crippen LogP contribution in [0.25, 0.3) is 0 Å². The molecule has 0 amide bonds. The summed E-state index contributed by atoms with van der Waals surface area (Å²) in [4.78, 5) is 0. The molecule has 1 unspecified atom stereocenters. The lowest BCUT2D eigenvalue weighted by atomic mass is 10.2. The molecular formula is C12H15NO2. The van der Waals surface area contributed by atoms with E-state index in [-0.39, 0.29) is 6.23 Å². The van der Waals surface area contributed by atoms with Crippen LogP contribution in [0.5, 0.6) is 0 Å². The van der Waals surface area contributed by atoms with Gasteiger partial charge in [0.15, 0.2) is 6.23 Å². The van der Waals surface area contributed by atoms with Crippen molar-refractivity contribution in [2.24, 2.45) is 0 Å². The van der Waals surface area contributed by atoms with E-state index in [1.54, 1.807) is 6.26 Å². The molecule has 3 nitrogen and oxygen atoms in total. The van der Waals surface area contributed by atoms with Crippen molar-refractivity contribution < 1.29 is 9.47 Å².